The van der Waals surface area contributed by atoms with Gasteiger partial charge in [-0.3, -0.25) is 15.0 Å². The maximum absolute atomic E-state index is 11.5. The molecule has 3 heterocycles. The van der Waals surface area contributed by atoms with Gasteiger partial charge in [0.2, 0.25) is 5.82 Å². The molecule has 3 rings (SSSR count). The lowest BCUT2D eigenvalue weighted by atomic mass is 10.1. The van der Waals surface area contributed by atoms with Crippen LogP contribution in [0.2, 0.25) is 0 Å². The Bertz CT molecular complexity index is 607. The summed E-state index contributed by atoms with van der Waals surface area (Å²) in [7, 11) is 1.24. The van der Waals surface area contributed by atoms with E-state index in [-0.39, 0.29) is 11.3 Å². The van der Waals surface area contributed by atoms with E-state index in [9.17, 15) is 14.9 Å². The van der Waals surface area contributed by atoms with Crippen LogP contribution in [-0.2, 0) is 4.74 Å². The average molecular weight is 306 g/mol. The number of piperazine rings is 1. The first-order chi connectivity index (χ1) is 10.6. The molecule has 8 nitrogen and oxygen atoms in total. The Morgan fingerprint density at radius 1 is 1.45 bits per heavy atom. The molecule has 0 N–H and O–H groups in total. The summed E-state index contributed by atoms with van der Waals surface area (Å²) in [5.74, 6) is -0.285. The highest BCUT2D eigenvalue weighted by Crippen LogP contribution is 2.30. The van der Waals surface area contributed by atoms with Crippen molar-refractivity contribution in [2.45, 2.75) is 18.9 Å². The number of methoxy groups -OCH3 is 1. The minimum absolute atomic E-state index is 0.0949. The summed E-state index contributed by atoms with van der Waals surface area (Å²) in [6.07, 6.45) is 3.63. The number of rotatable bonds is 3. The molecule has 22 heavy (non-hydrogen) atoms. The van der Waals surface area contributed by atoms with Crippen LogP contribution in [0.4, 0.5) is 11.5 Å². The number of esters is 1. The molecule has 0 saturated carbocycles. The highest BCUT2D eigenvalue weighted by Gasteiger charge is 2.33. The number of ether oxygens (including phenoxy) is 1. The first kappa shape index (κ1) is 14.7. The van der Waals surface area contributed by atoms with Gasteiger partial charge in [-0.15, -0.1) is 0 Å². The van der Waals surface area contributed by atoms with E-state index in [1.807, 2.05) is 4.90 Å². The molecule has 118 valence electrons. The van der Waals surface area contributed by atoms with Crippen LogP contribution in [0.3, 0.4) is 0 Å². The molecule has 0 amide bonds. The van der Waals surface area contributed by atoms with E-state index in [0.717, 1.165) is 26.1 Å². The number of hydrogen-bond donors (Lipinski definition) is 0. The largest absolute Gasteiger partial charge is 0.465 e. The van der Waals surface area contributed by atoms with Gasteiger partial charge in [-0.25, -0.2) is 9.78 Å². The number of carbonyl (C=O) groups excluding carboxylic acids is 1. The van der Waals surface area contributed by atoms with Gasteiger partial charge in [0.25, 0.3) is 0 Å². The zero-order valence-electron chi connectivity index (χ0n) is 12.4. The predicted molar refractivity (Wildman–Crippen MR) is 79.0 cm³/mol. The molecular formula is C14H18N4O4. The van der Waals surface area contributed by atoms with E-state index < -0.39 is 10.9 Å². The van der Waals surface area contributed by atoms with Crippen LogP contribution < -0.4 is 4.90 Å². The number of nitrogens with zero attached hydrogens (tertiary/aromatic N) is 4. The SMILES string of the molecule is COC(=O)c1cnc(N2CCN3CCCC3C2)c([N+](=O)[O-])c1. The van der Waals surface area contributed by atoms with Crippen LogP contribution in [0, 0.1) is 10.1 Å². The summed E-state index contributed by atoms with van der Waals surface area (Å²) in [5.41, 5.74) is -0.0493. The topological polar surface area (TPSA) is 88.8 Å². The predicted octanol–water partition coefficient (Wildman–Crippen LogP) is 1.06. The molecule has 1 atom stereocenters. The molecule has 1 unspecified atom stereocenters. The number of carbonyl (C=O) groups is 1. The van der Waals surface area contributed by atoms with Crippen molar-refractivity contribution in [2.75, 3.05) is 38.2 Å². The fraction of sp³-hybridized carbons (Fsp3) is 0.571. The summed E-state index contributed by atoms with van der Waals surface area (Å²) >= 11 is 0. The van der Waals surface area contributed by atoms with E-state index in [2.05, 4.69) is 14.6 Å². The van der Waals surface area contributed by atoms with Gasteiger partial charge in [0.1, 0.15) is 0 Å². The molecular weight excluding hydrogens is 288 g/mol. The molecule has 0 radical (unpaired) electrons. The Morgan fingerprint density at radius 3 is 3.00 bits per heavy atom. The second kappa shape index (κ2) is 5.88. The van der Waals surface area contributed by atoms with E-state index in [4.69, 9.17) is 0 Å². The highest BCUT2D eigenvalue weighted by molar-refractivity contribution is 5.90. The molecule has 8 heteroatoms. The lowest BCUT2D eigenvalue weighted by Gasteiger charge is -2.37. The maximum atomic E-state index is 11.5. The van der Waals surface area contributed by atoms with Crippen molar-refractivity contribution in [3.63, 3.8) is 0 Å². The van der Waals surface area contributed by atoms with Gasteiger partial charge < -0.3 is 9.64 Å². The van der Waals surface area contributed by atoms with Gasteiger partial charge in [-0.2, -0.15) is 0 Å². The lowest BCUT2D eigenvalue weighted by Crippen LogP contribution is -2.50. The summed E-state index contributed by atoms with van der Waals surface area (Å²) in [5, 5.41) is 11.3. The van der Waals surface area contributed by atoms with Crippen LogP contribution in [0.1, 0.15) is 23.2 Å². The van der Waals surface area contributed by atoms with Crippen LogP contribution in [0.25, 0.3) is 0 Å². The zero-order valence-corrected chi connectivity index (χ0v) is 12.4. The number of pyridine rings is 1. The second-order valence-electron chi connectivity index (χ2n) is 5.59. The van der Waals surface area contributed by atoms with E-state index in [1.54, 1.807) is 0 Å². The van der Waals surface area contributed by atoms with Crippen molar-refractivity contribution in [1.29, 1.82) is 0 Å². The molecule has 1 aromatic rings. The van der Waals surface area contributed by atoms with Crippen molar-refractivity contribution in [1.82, 2.24) is 9.88 Å². The molecule has 0 bridgehead atoms. The number of aromatic nitrogens is 1. The number of nitro groups is 1. The van der Waals surface area contributed by atoms with Crippen LogP contribution in [0.15, 0.2) is 12.3 Å². The number of hydrogen-bond acceptors (Lipinski definition) is 7. The van der Waals surface area contributed by atoms with Crippen molar-refractivity contribution < 1.29 is 14.5 Å². The van der Waals surface area contributed by atoms with E-state index >= 15 is 0 Å². The summed E-state index contributed by atoms with van der Waals surface area (Å²) in [6, 6.07) is 1.69. The maximum Gasteiger partial charge on any atom is 0.339 e. The number of anilines is 1. The number of fused-ring (bicyclic) bond motifs is 1. The standard InChI is InChI=1S/C14H18N4O4/c1-22-14(19)10-7-12(18(20)21)13(15-8-10)17-6-5-16-4-2-3-11(16)9-17/h7-8,11H,2-6,9H2,1H3. The fourth-order valence-electron chi connectivity index (χ4n) is 3.24. The Balaban J connectivity index is 1.89. The summed E-state index contributed by atoms with van der Waals surface area (Å²) in [4.78, 5) is 30.9. The Morgan fingerprint density at radius 2 is 2.27 bits per heavy atom. The normalized spacial score (nSPS) is 21.5. The quantitative estimate of drug-likeness (QED) is 0.468. The fourth-order valence-corrected chi connectivity index (χ4v) is 3.24. The second-order valence-corrected chi connectivity index (χ2v) is 5.59. The molecule has 2 saturated heterocycles. The van der Waals surface area contributed by atoms with Crippen LogP contribution in [0.5, 0.6) is 0 Å². The van der Waals surface area contributed by atoms with Crippen molar-refractivity contribution >= 4 is 17.5 Å². The third-order valence-electron chi connectivity index (χ3n) is 4.35. The first-order valence-electron chi connectivity index (χ1n) is 7.32. The smallest absolute Gasteiger partial charge is 0.339 e. The zero-order chi connectivity index (χ0) is 15.7. The lowest BCUT2D eigenvalue weighted by molar-refractivity contribution is -0.384. The van der Waals surface area contributed by atoms with Gasteiger partial charge >= 0.3 is 11.7 Å². The molecule has 2 fully saturated rings. The third-order valence-corrected chi connectivity index (χ3v) is 4.35. The summed E-state index contributed by atoms with van der Waals surface area (Å²) in [6.45, 7) is 3.45. The monoisotopic (exact) mass is 306 g/mol. The molecule has 2 aliphatic rings. The molecule has 0 aliphatic carbocycles. The van der Waals surface area contributed by atoms with Gasteiger partial charge in [0.15, 0.2) is 0 Å². The molecule has 0 spiro atoms. The van der Waals surface area contributed by atoms with Gasteiger partial charge in [0.05, 0.1) is 17.6 Å². The van der Waals surface area contributed by atoms with E-state index in [1.165, 1.54) is 25.8 Å². The van der Waals surface area contributed by atoms with Crippen molar-refractivity contribution in [2.24, 2.45) is 0 Å². The highest BCUT2D eigenvalue weighted by atomic mass is 16.6. The van der Waals surface area contributed by atoms with Crippen LogP contribution >= 0.6 is 0 Å². The first-order valence-corrected chi connectivity index (χ1v) is 7.32. The minimum atomic E-state index is -0.622. The van der Waals surface area contributed by atoms with Gasteiger partial charge in [-0.1, -0.05) is 0 Å². The minimum Gasteiger partial charge on any atom is -0.465 e. The van der Waals surface area contributed by atoms with Gasteiger partial charge in [-0.05, 0) is 19.4 Å². The van der Waals surface area contributed by atoms with Crippen molar-refractivity contribution in [3.8, 4) is 0 Å². The molecule has 2 aliphatic heterocycles. The third kappa shape index (κ3) is 2.61. The average Bonchev–Trinajstić information content (AvgIpc) is 3.01. The van der Waals surface area contributed by atoms with Crippen molar-refractivity contribution in [3.05, 3.63) is 27.9 Å². The summed E-state index contributed by atoms with van der Waals surface area (Å²) < 4.78 is 4.59. The molecule has 0 aromatic carbocycles. The molecule has 1 aromatic heterocycles. The van der Waals surface area contributed by atoms with Gasteiger partial charge in [0, 0.05) is 37.9 Å². The Hall–Kier alpha value is -2.22. The van der Waals surface area contributed by atoms with E-state index in [0.29, 0.717) is 18.4 Å². The Kier molecular flexibility index (Phi) is 3.93. The Labute approximate surface area is 127 Å². The van der Waals surface area contributed by atoms with Crippen LogP contribution in [-0.4, -0.2) is 60.1 Å².